The van der Waals surface area contributed by atoms with Crippen molar-refractivity contribution in [2.24, 2.45) is 18.2 Å². The standard InChI is InChI=1S/C12H19BrN4O/c1-17-9(11(13)15-16-17)10(18)12(8-14)6-4-2-3-5-7-12/h2-8,14H2,1H3. The number of aromatic nitrogens is 3. The molecule has 1 aliphatic rings. The van der Waals surface area contributed by atoms with Crippen molar-refractivity contribution in [2.45, 2.75) is 38.5 Å². The highest BCUT2D eigenvalue weighted by Gasteiger charge is 2.40. The van der Waals surface area contributed by atoms with Crippen molar-refractivity contribution in [3.8, 4) is 0 Å². The van der Waals surface area contributed by atoms with E-state index in [4.69, 9.17) is 5.73 Å². The SMILES string of the molecule is Cn1nnc(Br)c1C(=O)C1(CN)CCCCCC1. The third-order valence-electron chi connectivity index (χ3n) is 3.93. The highest BCUT2D eigenvalue weighted by atomic mass is 79.9. The number of aryl methyl sites for hydroxylation is 1. The van der Waals surface area contributed by atoms with Gasteiger partial charge in [-0.05, 0) is 28.8 Å². The van der Waals surface area contributed by atoms with Crippen molar-refractivity contribution >= 4 is 21.7 Å². The van der Waals surface area contributed by atoms with Gasteiger partial charge < -0.3 is 5.73 Å². The molecule has 2 N–H and O–H groups in total. The van der Waals surface area contributed by atoms with Gasteiger partial charge in [0.2, 0.25) is 0 Å². The molecule has 0 radical (unpaired) electrons. The number of hydrogen-bond donors (Lipinski definition) is 1. The molecule has 0 atom stereocenters. The molecule has 1 heterocycles. The van der Waals surface area contributed by atoms with Gasteiger partial charge in [-0.3, -0.25) is 4.79 Å². The number of halogens is 1. The number of Topliss-reactive ketones (excluding diaryl/α,β-unsaturated/α-hetero) is 1. The van der Waals surface area contributed by atoms with Crippen molar-refractivity contribution in [1.82, 2.24) is 15.0 Å². The van der Waals surface area contributed by atoms with Gasteiger partial charge in [0, 0.05) is 19.0 Å². The lowest BCUT2D eigenvalue weighted by Gasteiger charge is -2.29. The lowest BCUT2D eigenvalue weighted by Crippen LogP contribution is -2.39. The number of carbonyl (C=O) groups is 1. The molecule has 5 nitrogen and oxygen atoms in total. The van der Waals surface area contributed by atoms with E-state index in [1.165, 1.54) is 17.5 Å². The summed E-state index contributed by atoms with van der Waals surface area (Å²) in [4.78, 5) is 12.8. The Balaban J connectivity index is 2.35. The molecular weight excluding hydrogens is 296 g/mol. The second-order valence-corrected chi connectivity index (χ2v) is 5.83. The second kappa shape index (κ2) is 5.48. The monoisotopic (exact) mass is 314 g/mol. The summed E-state index contributed by atoms with van der Waals surface area (Å²) >= 11 is 3.30. The van der Waals surface area contributed by atoms with Crippen LogP contribution in [0.3, 0.4) is 0 Å². The molecule has 100 valence electrons. The average Bonchev–Trinajstić information content (AvgIpc) is 2.59. The van der Waals surface area contributed by atoms with Crippen LogP contribution in [0.4, 0.5) is 0 Å². The molecule has 0 aliphatic heterocycles. The molecule has 1 aromatic heterocycles. The van der Waals surface area contributed by atoms with Crippen LogP contribution in [0.5, 0.6) is 0 Å². The maximum atomic E-state index is 12.8. The first kappa shape index (κ1) is 13.7. The van der Waals surface area contributed by atoms with Crippen LogP contribution in [-0.4, -0.2) is 27.3 Å². The first-order chi connectivity index (χ1) is 8.60. The number of nitrogens with two attached hydrogens (primary N) is 1. The average molecular weight is 315 g/mol. The summed E-state index contributed by atoms with van der Waals surface area (Å²) in [6.45, 7) is 0.406. The van der Waals surface area contributed by atoms with Crippen LogP contribution in [0.1, 0.15) is 49.0 Å². The molecule has 0 bridgehead atoms. The van der Waals surface area contributed by atoms with E-state index in [2.05, 4.69) is 26.2 Å². The van der Waals surface area contributed by atoms with E-state index in [9.17, 15) is 4.79 Å². The smallest absolute Gasteiger partial charge is 0.191 e. The van der Waals surface area contributed by atoms with E-state index >= 15 is 0 Å². The zero-order valence-corrected chi connectivity index (χ0v) is 12.2. The summed E-state index contributed by atoms with van der Waals surface area (Å²) in [5.41, 5.74) is 6.05. The molecular formula is C12H19BrN4O. The van der Waals surface area contributed by atoms with Gasteiger partial charge >= 0.3 is 0 Å². The number of ketones is 1. The molecule has 0 saturated heterocycles. The number of nitrogens with zero attached hydrogens (tertiary/aromatic N) is 3. The molecule has 1 fully saturated rings. The van der Waals surface area contributed by atoms with Crippen LogP contribution < -0.4 is 5.73 Å². The van der Waals surface area contributed by atoms with Crippen LogP contribution in [0.25, 0.3) is 0 Å². The highest BCUT2D eigenvalue weighted by molar-refractivity contribution is 9.10. The lowest BCUT2D eigenvalue weighted by molar-refractivity contribution is 0.0762. The Kier molecular flexibility index (Phi) is 4.17. The lowest BCUT2D eigenvalue weighted by atomic mass is 9.75. The predicted octanol–water partition coefficient (Wildman–Crippen LogP) is 2.06. The Morgan fingerprint density at radius 2 is 2.00 bits per heavy atom. The van der Waals surface area contributed by atoms with Crippen molar-refractivity contribution < 1.29 is 4.79 Å². The maximum absolute atomic E-state index is 12.8. The first-order valence-electron chi connectivity index (χ1n) is 6.41. The largest absolute Gasteiger partial charge is 0.329 e. The minimum atomic E-state index is -0.422. The molecule has 18 heavy (non-hydrogen) atoms. The van der Waals surface area contributed by atoms with Crippen molar-refractivity contribution in [1.29, 1.82) is 0 Å². The number of hydrogen-bond acceptors (Lipinski definition) is 4. The van der Waals surface area contributed by atoms with E-state index in [0.29, 0.717) is 16.8 Å². The Morgan fingerprint density at radius 1 is 1.39 bits per heavy atom. The quantitative estimate of drug-likeness (QED) is 0.684. The van der Waals surface area contributed by atoms with Gasteiger partial charge in [0.05, 0.1) is 0 Å². The summed E-state index contributed by atoms with van der Waals surface area (Å²) in [6, 6.07) is 0. The molecule has 1 aliphatic carbocycles. The van der Waals surface area contributed by atoms with Gasteiger partial charge in [-0.25, -0.2) is 4.68 Å². The normalized spacial score (nSPS) is 19.5. The topological polar surface area (TPSA) is 73.8 Å². The van der Waals surface area contributed by atoms with E-state index < -0.39 is 5.41 Å². The molecule has 6 heteroatoms. The van der Waals surface area contributed by atoms with Crippen LogP contribution in [-0.2, 0) is 7.05 Å². The third kappa shape index (κ3) is 2.36. The zero-order chi connectivity index (χ0) is 13.2. The second-order valence-electron chi connectivity index (χ2n) is 5.08. The van der Waals surface area contributed by atoms with Gasteiger partial charge in [-0.1, -0.05) is 30.9 Å². The predicted molar refractivity (Wildman–Crippen MR) is 72.2 cm³/mol. The van der Waals surface area contributed by atoms with Gasteiger partial charge in [-0.2, -0.15) is 0 Å². The fourth-order valence-electron chi connectivity index (χ4n) is 2.75. The molecule has 0 spiro atoms. The molecule has 1 saturated carbocycles. The number of rotatable bonds is 3. The van der Waals surface area contributed by atoms with Gasteiger partial charge in [0.25, 0.3) is 0 Å². The minimum Gasteiger partial charge on any atom is -0.329 e. The molecule has 0 amide bonds. The van der Waals surface area contributed by atoms with Crippen LogP contribution >= 0.6 is 15.9 Å². The van der Waals surface area contributed by atoms with Gasteiger partial charge in [0.15, 0.2) is 10.4 Å². The van der Waals surface area contributed by atoms with Gasteiger partial charge in [-0.15, -0.1) is 5.10 Å². The van der Waals surface area contributed by atoms with E-state index in [1.54, 1.807) is 7.05 Å². The molecule has 2 rings (SSSR count). The van der Waals surface area contributed by atoms with Crippen LogP contribution in [0.15, 0.2) is 4.60 Å². The Hall–Kier alpha value is -0.750. The fraction of sp³-hybridized carbons (Fsp3) is 0.750. The van der Waals surface area contributed by atoms with E-state index in [-0.39, 0.29) is 5.78 Å². The van der Waals surface area contributed by atoms with E-state index in [1.807, 2.05) is 0 Å². The van der Waals surface area contributed by atoms with Crippen LogP contribution in [0, 0.1) is 5.41 Å². The Labute approximate surface area is 115 Å². The summed E-state index contributed by atoms with van der Waals surface area (Å²) in [6.07, 6.45) is 6.29. The van der Waals surface area contributed by atoms with Crippen molar-refractivity contribution in [3.63, 3.8) is 0 Å². The highest BCUT2D eigenvalue weighted by Crippen LogP contribution is 2.38. The summed E-state index contributed by atoms with van der Waals surface area (Å²) in [5, 5.41) is 7.77. The molecule has 0 aromatic carbocycles. The van der Waals surface area contributed by atoms with Crippen molar-refractivity contribution in [2.75, 3.05) is 6.54 Å². The molecule has 0 unspecified atom stereocenters. The third-order valence-corrected chi connectivity index (χ3v) is 4.47. The first-order valence-corrected chi connectivity index (χ1v) is 7.20. The zero-order valence-electron chi connectivity index (χ0n) is 10.7. The maximum Gasteiger partial charge on any atom is 0.191 e. The minimum absolute atomic E-state index is 0.0891. The summed E-state index contributed by atoms with van der Waals surface area (Å²) in [7, 11) is 1.74. The van der Waals surface area contributed by atoms with E-state index in [0.717, 1.165) is 25.7 Å². The van der Waals surface area contributed by atoms with Crippen LogP contribution in [0.2, 0.25) is 0 Å². The van der Waals surface area contributed by atoms with Crippen molar-refractivity contribution in [3.05, 3.63) is 10.3 Å². The summed E-state index contributed by atoms with van der Waals surface area (Å²) in [5.74, 6) is 0.0891. The summed E-state index contributed by atoms with van der Waals surface area (Å²) < 4.78 is 2.06. The molecule has 1 aromatic rings. The number of carbonyl (C=O) groups excluding carboxylic acids is 1. The Bertz CT molecular complexity index is 416. The Morgan fingerprint density at radius 3 is 2.44 bits per heavy atom. The van der Waals surface area contributed by atoms with Gasteiger partial charge in [0.1, 0.15) is 5.69 Å². The fourth-order valence-corrected chi connectivity index (χ4v) is 3.26.